The van der Waals surface area contributed by atoms with Crippen LogP contribution in [0.5, 0.6) is 0 Å². The minimum absolute atomic E-state index is 0. The van der Waals surface area contributed by atoms with Gasteiger partial charge in [0.25, 0.3) is 0 Å². The number of pyridine rings is 1. The first kappa shape index (κ1) is 29.6. The maximum atomic E-state index is 11.7. The fraction of sp³-hybridized carbons (Fsp3) is 0.324. The number of ketones is 1. The fourth-order valence-corrected chi connectivity index (χ4v) is 5.80. The van der Waals surface area contributed by atoms with Crippen LogP contribution in [-0.4, -0.2) is 25.3 Å². The van der Waals surface area contributed by atoms with Crippen molar-refractivity contribution < 1.29 is 30.0 Å². The van der Waals surface area contributed by atoms with Gasteiger partial charge in [-0.15, -0.1) is 23.1 Å². The van der Waals surface area contributed by atoms with Crippen LogP contribution in [0.25, 0.3) is 49.3 Å². The summed E-state index contributed by atoms with van der Waals surface area (Å²) in [5.41, 5.74) is 5.30. The van der Waals surface area contributed by atoms with E-state index in [4.69, 9.17) is 4.98 Å². The second kappa shape index (κ2) is 12.4. The van der Waals surface area contributed by atoms with Crippen LogP contribution in [0.2, 0.25) is 0 Å². The molecule has 0 spiro atoms. The number of aliphatic hydroxyl groups is 1. The van der Waals surface area contributed by atoms with Gasteiger partial charge in [0.05, 0.1) is 22.4 Å². The smallest absolute Gasteiger partial charge is 0.162 e. The molecule has 0 atom stereocenters. The average Bonchev–Trinajstić information content (AvgIpc) is 3.34. The molecule has 0 unspecified atom stereocenters. The Hall–Kier alpha value is -3.34. The number of imidazole rings is 1. The van der Waals surface area contributed by atoms with E-state index in [0.717, 1.165) is 58.8 Å². The van der Waals surface area contributed by atoms with Crippen LogP contribution < -0.4 is 0 Å². The molecule has 0 aliphatic heterocycles. The van der Waals surface area contributed by atoms with Gasteiger partial charge in [0.15, 0.2) is 5.78 Å². The van der Waals surface area contributed by atoms with Crippen LogP contribution in [0.4, 0.5) is 0 Å². The molecular weight excluding hydrogens is 675 g/mol. The number of carbonyl (C=O) groups excluding carboxylic acids is 1. The molecule has 0 aliphatic rings. The number of hydrogen-bond donors (Lipinski definition) is 1. The van der Waals surface area contributed by atoms with Crippen LogP contribution in [0, 0.1) is 24.8 Å². The van der Waals surface area contributed by atoms with Crippen molar-refractivity contribution in [2.75, 3.05) is 0 Å². The van der Waals surface area contributed by atoms with Crippen molar-refractivity contribution in [2.45, 2.75) is 60.3 Å². The van der Waals surface area contributed by atoms with Crippen molar-refractivity contribution in [3.63, 3.8) is 0 Å². The summed E-state index contributed by atoms with van der Waals surface area (Å²) in [5, 5.41) is 15.6. The SMILES string of the molecule is CCC(CC)C(=O)/C=C(\O)C(CC)CC.Cc1c2ccccc2[c-]c2c1c1cccc3nc4ccnc2n4c31.[Ir]. The van der Waals surface area contributed by atoms with Gasteiger partial charge >= 0.3 is 0 Å². The number of nitrogens with zero attached hydrogens (tertiary/aromatic N) is 3. The Kier molecular flexibility index (Phi) is 9.22. The average molecular weight is 711 g/mol. The standard InChI is InChI=1S/C21H12N3.C13H24O2.Ir/c1-12-14-6-3-2-5-13(14)11-16-19(12)15-7-4-8-17-20(15)24-18(23-17)9-10-22-21(16)24;1-5-10(6-2)12(14)9-13(15)11(7-3)8-4;/h2-10H,1H3;9-11,14H,5-8H2,1-4H3;/q-1;;/b;12-9-;. The van der Waals surface area contributed by atoms with Gasteiger partial charge in [-0.1, -0.05) is 81.1 Å². The van der Waals surface area contributed by atoms with Gasteiger partial charge in [-0.25, -0.2) is 4.98 Å². The summed E-state index contributed by atoms with van der Waals surface area (Å²) in [6, 6.07) is 20.3. The largest absolute Gasteiger partial charge is 0.512 e. The normalized spacial score (nSPS) is 12.1. The van der Waals surface area contributed by atoms with Gasteiger partial charge in [0.1, 0.15) is 5.65 Å². The van der Waals surface area contributed by atoms with E-state index < -0.39 is 0 Å². The third-order valence-electron chi connectivity index (χ3n) is 8.13. The molecule has 5 nitrogen and oxygen atoms in total. The minimum Gasteiger partial charge on any atom is -0.512 e. The number of aryl methyl sites for hydroxylation is 1. The molecule has 0 fully saturated rings. The van der Waals surface area contributed by atoms with Gasteiger partial charge in [-0.05, 0) is 43.2 Å². The van der Waals surface area contributed by atoms with Crippen molar-refractivity contribution in [2.24, 2.45) is 11.8 Å². The predicted molar refractivity (Wildman–Crippen MR) is 162 cm³/mol. The molecule has 0 aliphatic carbocycles. The summed E-state index contributed by atoms with van der Waals surface area (Å²) < 4.78 is 2.16. The second-order valence-corrected chi connectivity index (χ2v) is 10.3. The van der Waals surface area contributed by atoms with Crippen LogP contribution in [0.3, 0.4) is 0 Å². The zero-order valence-corrected chi connectivity index (χ0v) is 26.2. The predicted octanol–water partition coefficient (Wildman–Crippen LogP) is 8.76. The van der Waals surface area contributed by atoms with E-state index in [0.29, 0.717) is 0 Å². The van der Waals surface area contributed by atoms with E-state index in [1.807, 2.05) is 40.0 Å². The second-order valence-electron chi connectivity index (χ2n) is 10.3. The van der Waals surface area contributed by atoms with Gasteiger partial charge in [-0.3, -0.25) is 9.78 Å². The van der Waals surface area contributed by atoms with Gasteiger partial charge < -0.3 is 9.51 Å². The molecule has 3 aromatic carbocycles. The van der Waals surface area contributed by atoms with E-state index in [1.54, 1.807) is 0 Å². The Morgan fingerprint density at radius 2 is 1.62 bits per heavy atom. The number of fused-ring (bicyclic) bond motifs is 4. The van der Waals surface area contributed by atoms with E-state index in [1.165, 1.54) is 27.8 Å². The molecule has 0 bridgehead atoms. The van der Waals surface area contributed by atoms with Crippen molar-refractivity contribution in [3.8, 4) is 0 Å². The third-order valence-corrected chi connectivity index (χ3v) is 8.13. The van der Waals surface area contributed by atoms with Crippen LogP contribution >= 0.6 is 0 Å². The molecule has 3 aromatic heterocycles. The molecular formula is C34H36IrN3O2-. The van der Waals surface area contributed by atoms with Gasteiger partial charge in [0.2, 0.25) is 0 Å². The Labute approximate surface area is 249 Å². The summed E-state index contributed by atoms with van der Waals surface area (Å²) in [6.45, 7) is 10.3. The van der Waals surface area contributed by atoms with E-state index in [2.05, 4.69) is 64.8 Å². The quantitative estimate of drug-likeness (QED) is 0.0592. The van der Waals surface area contributed by atoms with Gasteiger partial charge in [0, 0.05) is 44.2 Å². The van der Waals surface area contributed by atoms with Crippen LogP contribution in [-0.2, 0) is 24.9 Å². The van der Waals surface area contributed by atoms with E-state index in [9.17, 15) is 9.90 Å². The Bertz CT molecular complexity index is 1810. The molecule has 209 valence electrons. The number of rotatable bonds is 7. The van der Waals surface area contributed by atoms with Crippen LogP contribution in [0.1, 0.15) is 58.9 Å². The number of aliphatic hydroxyl groups excluding tert-OH is 1. The fourth-order valence-electron chi connectivity index (χ4n) is 5.80. The zero-order chi connectivity index (χ0) is 27.7. The van der Waals surface area contributed by atoms with Crippen molar-refractivity contribution in [3.05, 3.63) is 78.2 Å². The first-order chi connectivity index (χ1) is 18.9. The topological polar surface area (TPSA) is 67.5 Å². The number of para-hydroxylation sites is 1. The molecule has 1 N–H and O–H groups in total. The summed E-state index contributed by atoms with van der Waals surface area (Å²) in [6.07, 6.45) is 6.74. The van der Waals surface area contributed by atoms with Crippen LogP contribution in [0.15, 0.2) is 66.6 Å². The molecule has 6 rings (SSSR count). The molecule has 0 saturated carbocycles. The number of carbonyl (C=O) groups is 1. The number of aromatic nitrogens is 3. The first-order valence-electron chi connectivity index (χ1n) is 14.1. The Morgan fingerprint density at radius 3 is 2.33 bits per heavy atom. The van der Waals surface area contributed by atoms with Crippen molar-refractivity contribution in [1.82, 2.24) is 14.4 Å². The van der Waals surface area contributed by atoms with Crippen molar-refractivity contribution in [1.29, 1.82) is 0 Å². The Morgan fingerprint density at radius 1 is 0.950 bits per heavy atom. The number of benzene rings is 3. The van der Waals surface area contributed by atoms with E-state index in [-0.39, 0.29) is 43.5 Å². The molecule has 0 saturated heterocycles. The van der Waals surface area contributed by atoms with Crippen molar-refractivity contribution >= 4 is 55.0 Å². The molecule has 6 heteroatoms. The summed E-state index contributed by atoms with van der Waals surface area (Å²) in [7, 11) is 0. The molecule has 6 aromatic rings. The maximum Gasteiger partial charge on any atom is 0.162 e. The molecule has 0 amide bonds. The summed E-state index contributed by atoms with van der Waals surface area (Å²) in [4.78, 5) is 21.2. The monoisotopic (exact) mass is 711 g/mol. The summed E-state index contributed by atoms with van der Waals surface area (Å²) in [5.74, 6) is 0.547. The number of hydrogen-bond acceptors (Lipinski definition) is 4. The Balaban J connectivity index is 0.000000204. The van der Waals surface area contributed by atoms with E-state index >= 15 is 0 Å². The molecule has 3 heterocycles. The molecule has 40 heavy (non-hydrogen) atoms. The maximum absolute atomic E-state index is 11.7. The third kappa shape index (κ3) is 5.11. The van der Waals surface area contributed by atoms with Gasteiger partial charge in [-0.2, -0.15) is 0 Å². The first-order valence-corrected chi connectivity index (χ1v) is 14.1. The zero-order valence-electron chi connectivity index (χ0n) is 23.8. The number of allylic oxidation sites excluding steroid dienone is 2. The summed E-state index contributed by atoms with van der Waals surface area (Å²) >= 11 is 0. The minimum atomic E-state index is 0. The molecule has 1 radical (unpaired) electrons.